The number of benzene rings is 1. The Labute approximate surface area is 159 Å². The SMILES string of the molecule is NC(C(=O)NCCC(=O)N1CCN(c2ccccn2)CC1)c1ccccc1. The number of hydrogen-bond donors (Lipinski definition) is 2. The smallest absolute Gasteiger partial charge is 0.241 e. The monoisotopic (exact) mass is 367 g/mol. The standard InChI is InChI=1S/C20H25N5O2/c21-19(16-6-2-1-3-7-16)20(27)23-11-9-18(26)25-14-12-24(13-15-25)17-8-4-5-10-22-17/h1-8,10,19H,9,11-15,21H2,(H,23,27). The molecule has 1 aliphatic heterocycles. The fraction of sp³-hybridized carbons (Fsp3) is 0.350. The molecule has 1 saturated heterocycles. The van der Waals surface area contributed by atoms with E-state index in [0.29, 0.717) is 19.6 Å². The summed E-state index contributed by atoms with van der Waals surface area (Å²) in [7, 11) is 0. The van der Waals surface area contributed by atoms with Gasteiger partial charge in [-0.3, -0.25) is 9.59 Å². The largest absolute Gasteiger partial charge is 0.354 e. The summed E-state index contributed by atoms with van der Waals surface area (Å²) in [4.78, 5) is 32.9. The van der Waals surface area contributed by atoms with Crippen LogP contribution in [0.1, 0.15) is 18.0 Å². The minimum absolute atomic E-state index is 0.0456. The second-order valence-corrected chi connectivity index (χ2v) is 6.49. The summed E-state index contributed by atoms with van der Waals surface area (Å²) in [6.07, 6.45) is 2.05. The fourth-order valence-electron chi connectivity index (χ4n) is 3.10. The number of amides is 2. The Kier molecular flexibility index (Phi) is 6.38. The van der Waals surface area contributed by atoms with E-state index in [1.54, 1.807) is 6.20 Å². The van der Waals surface area contributed by atoms with Crippen LogP contribution < -0.4 is 16.0 Å². The highest BCUT2D eigenvalue weighted by Gasteiger charge is 2.22. The lowest BCUT2D eigenvalue weighted by Gasteiger charge is -2.35. The van der Waals surface area contributed by atoms with Crippen LogP contribution in [0.2, 0.25) is 0 Å². The second kappa shape index (κ2) is 9.14. The van der Waals surface area contributed by atoms with Crippen LogP contribution in [0.3, 0.4) is 0 Å². The molecule has 0 saturated carbocycles. The average Bonchev–Trinajstić information content (AvgIpc) is 2.74. The first-order valence-corrected chi connectivity index (χ1v) is 9.17. The van der Waals surface area contributed by atoms with Crippen molar-refractivity contribution in [2.75, 3.05) is 37.6 Å². The van der Waals surface area contributed by atoms with Crippen molar-refractivity contribution in [3.05, 3.63) is 60.3 Å². The third kappa shape index (κ3) is 5.04. The van der Waals surface area contributed by atoms with Crippen molar-refractivity contribution < 1.29 is 9.59 Å². The molecule has 0 radical (unpaired) electrons. The van der Waals surface area contributed by atoms with E-state index < -0.39 is 6.04 Å². The summed E-state index contributed by atoms with van der Waals surface area (Å²) in [5.74, 6) is 0.713. The predicted molar refractivity (Wildman–Crippen MR) is 104 cm³/mol. The van der Waals surface area contributed by atoms with Crippen molar-refractivity contribution in [3.8, 4) is 0 Å². The van der Waals surface area contributed by atoms with Gasteiger partial charge >= 0.3 is 0 Å². The third-order valence-corrected chi connectivity index (χ3v) is 4.68. The molecular weight excluding hydrogens is 342 g/mol. The van der Waals surface area contributed by atoms with Gasteiger partial charge in [-0.25, -0.2) is 4.98 Å². The van der Waals surface area contributed by atoms with Crippen molar-refractivity contribution >= 4 is 17.6 Å². The molecule has 1 unspecified atom stereocenters. The highest BCUT2D eigenvalue weighted by atomic mass is 16.2. The van der Waals surface area contributed by atoms with Gasteiger partial charge in [-0.05, 0) is 17.7 Å². The molecule has 1 aromatic heterocycles. The van der Waals surface area contributed by atoms with Gasteiger partial charge in [0.05, 0.1) is 0 Å². The van der Waals surface area contributed by atoms with Gasteiger partial charge in [-0.2, -0.15) is 0 Å². The number of carbonyl (C=O) groups excluding carboxylic acids is 2. The minimum atomic E-state index is -0.719. The minimum Gasteiger partial charge on any atom is -0.354 e. The molecule has 3 N–H and O–H groups in total. The Morgan fingerprint density at radius 3 is 2.41 bits per heavy atom. The van der Waals surface area contributed by atoms with E-state index in [1.807, 2.05) is 53.4 Å². The Hall–Kier alpha value is -2.93. The van der Waals surface area contributed by atoms with Crippen molar-refractivity contribution in [2.24, 2.45) is 5.73 Å². The van der Waals surface area contributed by atoms with Gasteiger partial charge in [0, 0.05) is 45.3 Å². The maximum Gasteiger partial charge on any atom is 0.241 e. The molecule has 27 heavy (non-hydrogen) atoms. The zero-order valence-corrected chi connectivity index (χ0v) is 15.3. The molecule has 1 atom stereocenters. The predicted octanol–water partition coefficient (Wildman–Crippen LogP) is 0.937. The highest BCUT2D eigenvalue weighted by molar-refractivity contribution is 5.83. The number of anilines is 1. The molecule has 7 heteroatoms. The highest BCUT2D eigenvalue weighted by Crippen LogP contribution is 2.13. The first kappa shape index (κ1) is 18.8. The number of aromatic nitrogens is 1. The van der Waals surface area contributed by atoms with Crippen molar-refractivity contribution in [1.29, 1.82) is 0 Å². The van der Waals surface area contributed by atoms with E-state index in [9.17, 15) is 9.59 Å². The summed E-state index contributed by atoms with van der Waals surface area (Å²) < 4.78 is 0. The van der Waals surface area contributed by atoms with Crippen LogP contribution in [0, 0.1) is 0 Å². The normalized spacial score (nSPS) is 15.3. The lowest BCUT2D eigenvalue weighted by Crippen LogP contribution is -2.49. The maximum absolute atomic E-state index is 12.4. The first-order chi connectivity index (χ1) is 13.1. The zero-order valence-electron chi connectivity index (χ0n) is 15.3. The van der Waals surface area contributed by atoms with E-state index in [0.717, 1.165) is 24.5 Å². The van der Waals surface area contributed by atoms with Gasteiger partial charge in [0.15, 0.2) is 0 Å². The Morgan fingerprint density at radius 1 is 1.04 bits per heavy atom. The van der Waals surface area contributed by atoms with E-state index in [4.69, 9.17) is 5.73 Å². The second-order valence-electron chi connectivity index (χ2n) is 6.49. The molecule has 0 bridgehead atoms. The van der Waals surface area contributed by atoms with Crippen LogP contribution in [0.15, 0.2) is 54.7 Å². The van der Waals surface area contributed by atoms with Crippen LogP contribution >= 0.6 is 0 Å². The molecular formula is C20H25N5O2. The molecule has 142 valence electrons. The Balaban J connectivity index is 1.39. The van der Waals surface area contributed by atoms with Gasteiger partial charge in [0.25, 0.3) is 0 Å². The lowest BCUT2D eigenvalue weighted by molar-refractivity contribution is -0.131. The van der Waals surface area contributed by atoms with E-state index in [-0.39, 0.29) is 18.2 Å². The maximum atomic E-state index is 12.4. The Bertz CT molecular complexity index is 745. The summed E-state index contributed by atoms with van der Waals surface area (Å²) in [5, 5.41) is 2.75. The van der Waals surface area contributed by atoms with Gasteiger partial charge in [-0.15, -0.1) is 0 Å². The topological polar surface area (TPSA) is 91.6 Å². The molecule has 7 nitrogen and oxygen atoms in total. The Morgan fingerprint density at radius 2 is 1.74 bits per heavy atom. The quantitative estimate of drug-likeness (QED) is 0.793. The number of piperazine rings is 1. The number of carbonyl (C=O) groups is 2. The summed E-state index contributed by atoms with van der Waals surface area (Å²) in [6.45, 7) is 3.13. The molecule has 1 aliphatic rings. The van der Waals surface area contributed by atoms with Crippen LogP contribution in [0.25, 0.3) is 0 Å². The van der Waals surface area contributed by atoms with Gasteiger partial charge in [0.2, 0.25) is 11.8 Å². The molecule has 0 spiro atoms. The fourth-order valence-corrected chi connectivity index (χ4v) is 3.10. The summed E-state index contributed by atoms with van der Waals surface area (Å²) >= 11 is 0. The summed E-state index contributed by atoms with van der Waals surface area (Å²) in [6, 6.07) is 14.3. The molecule has 0 aliphatic carbocycles. The van der Waals surface area contributed by atoms with Gasteiger partial charge in [0.1, 0.15) is 11.9 Å². The van der Waals surface area contributed by atoms with Crippen LogP contribution in [-0.2, 0) is 9.59 Å². The molecule has 1 fully saturated rings. The number of nitrogens with zero attached hydrogens (tertiary/aromatic N) is 3. The number of rotatable bonds is 6. The molecule has 2 amide bonds. The first-order valence-electron chi connectivity index (χ1n) is 9.17. The zero-order chi connectivity index (χ0) is 19.1. The third-order valence-electron chi connectivity index (χ3n) is 4.68. The van der Waals surface area contributed by atoms with Crippen molar-refractivity contribution in [2.45, 2.75) is 12.5 Å². The lowest BCUT2D eigenvalue weighted by atomic mass is 10.1. The number of nitrogens with one attached hydrogen (secondary N) is 1. The van der Waals surface area contributed by atoms with Crippen molar-refractivity contribution in [3.63, 3.8) is 0 Å². The molecule has 1 aromatic carbocycles. The molecule has 2 heterocycles. The number of nitrogens with two attached hydrogens (primary N) is 1. The summed E-state index contributed by atoms with van der Waals surface area (Å²) in [5.41, 5.74) is 6.71. The average molecular weight is 367 g/mol. The van der Waals surface area contributed by atoms with Crippen LogP contribution in [-0.4, -0.2) is 54.4 Å². The number of hydrogen-bond acceptors (Lipinski definition) is 5. The molecule has 3 rings (SSSR count). The van der Waals surface area contributed by atoms with Crippen LogP contribution in [0.4, 0.5) is 5.82 Å². The number of pyridine rings is 1. The van der Waals surface area contributed by atoms with Gasteiger partial charge < -0.3 is 20.9 Å². The van der Waals surface area contributed by atoms with E-state index >= 15 is 0 Å². The van der Waals surface area contributed by atoms with Crippen molar-refractivity contribution in [1.82, 2.24) is 15.2 Å². The molecule has 2 aromatic rings. The van der Waals surface area contributed by atoms with Gasteiger partial charge in [-0.1, -0.05) is 36.4 Å². The van der Waals surface area contributed by atoms with Crippen LogP contribution in [0.5, 0.6) is 0 Å². The van der Waals surface area contributed by atoms with E-state index in [1.165, 1.54) is 0 Å². The van der Waals surface area contributed by atoms with E-state index in [2.05, 4.69) is 15.2 Å².